The van der Waals surface area contributed by atoms with Crippen LogP contribution < -0.4 is 5.11 Å². The van der Waals surface area contributed by atoms with Gasteiger partial charge in [0.05, 0.1) is 31.4 Å². The minimum Gasteiger partial charge on any atom is -0.547 e. The number of aliphatic carboxylic acids is 1. The van der Waals surface area contributed by atoms with Gasteiger partial charge in [0.15, 0.2) is 12.6 Å². The molecule has 14 nitrogen and oxygen atoms in total. The van der Waals surface area contributed by atoms with Crippen LogP contribution in [0, 0.1) is 50.2 Å². The highest BCUT2D eigenvalue weighted by Crippen LogP contribution is 2.76. The molecule has 2 saturated heterocycles. The fourth-order valence-corrected chi connectivity index (χ4v) is 13.7. The lowest BCUT2D eigenvalue weighted by atomic mass is 9.33. The Bertz CT molecular complexity index is 1520. The topological polar surface area (TPSA) is 239 Å². The van der Waals surface area contributed by atoms with E-state index in [1.54, 1.807) is 0 Å². The van der Waals surface area contributed by atoms with Crippen LogP contribution in [0.4, 0.5) is 0 Å². The van der Waals surface area contributed by atoms with Gasteiger partial charge in [-0.05, 0) is 97.2 Å². The normalized spacial score (nSPS) is 55.5. The van der Waals surface area contributed by atoms with Gasteiger partial charge >= 0.3 is 0 Å². The molecule has 0 spiro atoms. The summed E-state index contributed by atoms with van der Waals surface area (Å²) in [5.41, 5.74) is 0.221. The molecule has 5 aliphatic carbocycles. The van der Waals surface area contributed by atoms with E-state index in [-0.39, 0.29) is 51.6 Å². The number of hydrogen-bond acceptors (Lipinski definition) is 14. The van der Waals surface area contributed by atoms with E-state index in [1.165, 1.54) is 5.57 Å². The molecule has 2 aliphatic heterocycles. The van der Waals surface area contributed by atoms with Crippen LogP contribution in [0.1, 0.15) is 106 Å². The minimum atomic E-state index is -2.03. The Labute approximate surface area is 330 Å². The number of carboxylic acid groups (broad SMARTS) is 1. The van der Waals surface area contributed by atoms with Gasteiger partial charge in [-0.1, -0.05) is 60.1 Å². The van der Waals surface area contributed by atoms with E-state index in [2.05, 4.69) is 47.6 Å². The number of aliphatic hydroxyl groups excluding tert-OH is 8. The SMILES string of the molecule is CC1(C)C[C@@H](O)[C@]2(C)CC[C@]3(C)C(=CC[C@H]4C3(C)CC[C@@H]3[C@]4(C)CC[C@H](O[C@@H]4O[C@H](C(=O)[O-])[C@@H](O)[C@H](O)[C@H]4O[C@@H]4O[C@H](CO)[C@H](O)[C@H](O)[C@H]4O)[C@]3(C)CO)[C@@H]2C1. The van der Waals surface area contributed by atoms with Crippen molar-refractivity contribution in [2.45, 2.75) is 180 Å². The van der Waals surface area contributed by atoms with Gasteiger partial charge in [-0.2, -0.15) is 0 Å². The summed E-state index contributed by atoms with van der Waals surface area (Å²) in [7, 11) is 0. The number of aliphatic hydroxyl groups is 8. The van der Waals surface area contributed by atoms with Crippen LogP contribution >= 0.6 is 0 Å². The van der Waals surface area contributed by atoms with E-state index in [9.17, 15) is 50.8 Å². The zero-order valence-corrected chi connectivity index (χ0v) is 34.0. The fourth-order valence-electron chi connectivity index (χ4n) is 13.7. The summed E-state index contributed by atoms with van der Waals surface area (Å²) in [4.78, 5) is 12.1. The number of hydrogen-bond donors (Lipinski definition) is 8. The van der Waals surface area contributed by atoms with Gasteiger partial charge in [0.1, 0.15) is 48.8 Å². The molecular formula is C42H67O14-. The third-order valence-corrected chi connectivity index (χ3v) is 17.4. The first kappa shape index (κ1) is 42.8. The third-order valence-electron chi connectivity index (χ3n) is 17.4. The average molecular weight is 796 g/mol. The zero-order chi connectivity index (χ0) is 41.1. The Morgan fingerprint density at radius 3 is 2.11 bits per heavy atom. The predicted octanol–water partition coefficient (Wildman–Crippen LogP) is 0.518. The molecular weight excluding hydrogens is 728 g/mol. The summed E-state index contributed by atoms with van der Waals surface area (Å²) in [5.74, 6) is -1.23. The van der Waals surface area contributed by atoms with Crippen LogP contribution in [0.15, 0.2) is 11.6 Å². The van der Waals surface area contributed by atoms with E-state index in [0.717, 1.165) is 51.4 Å². The summed E-state index contributed by atoms with van der Waals surface area (Å²) < 4.78 is 23.7. The summed E-state index contributed by atoms with van der Waals surface area (Å²) in [6.45, 7) is 15.1. The van der Waals surface area contributed by atoms with E-state index >= 15 is 0 Å². The van der Waals surface area contributed by atoms with Crippen LogP contribution in [0.5, 0.6) is 0 Å². The van der Waals surface area contributed by atoms with Gasteiger partial charge in [0.2, 0.25) is 0 Å². The second kappa shape index (κ2) is 14.4. The molecule has 320 valence electrons. The van der Waals surface area contributed by atoms with Crippen molar-refractivity contribution in [3.63, 3.8) is 0 Å². The predicted molar refractivity (Wildman–Crippen MR) is 197 cm³/mol. The summed E-state index contributed by atoms with van der Waals surface area (Å²) in [6.07, 6.45) is -8.67. The second-order valence-electron chi connectivity index (χ2n) is 20.8. The average Bonchev–Trinajstić information content (AvgIpc) is 3.13. The van der Waals surface area contributed by atoms with Gasteiger partial charge in [0.25, 0.3) is 0 Å². The lowest BCUT2D eigenvalue weighted by Gasteiger charge is -2.72. The smallest absolute Gasteiger partial charge is 0.187 e. The molecule has 0 amide bonds. The maximum atomic E-state index is 12.1. The summed E-state index contributed by atoms with van der Waals surface area (Å²) in [5, 5.41) is 98.1. The maximum absolute atomic E-state index is 12.1. The largest absolute Gasteiger partial charge is 0.547 e. The quantitative estimate of drug-likeness (QED) is 0.130. The minimum absolute atomic E-state index is 0.0273. The molecule has 0 aromatic heterocycles. The van der Waals surface area contributed by atoms with Crippen LogP contribution in [0.25, 0.3) is 0 Å². The van der Waals surface area contributed by atoms with Crippen molar-refractivity contribution in [1.29, 1.82) is 0 Å². The van der Waals surface area contributed by atoms with E-state index in [1.807, 2.05) is 6.92 Å². The second-order valence-corrected chi connectivity index (χ2v) is 20.8. The highest BCUT2D eigenvalue weighted by atomic mass is 16.8. The van der Waals surface area contributed by atoms with E-state index in [0.29, 0.717) is 12.3 Å². The van der Waals surface area contributed by atoms with Crippen molar-refractivity contribution in [2.24, 2.45) is 50.2 Å². The number of rotatable bonds is 7. The van der Waals surface area contributed by atoms with Crippen molar-refractivity contribution in [3.8, 4) is 0 Å². The highest BCUT2D eigenvalue weighted by molar-refractivity contribution is 5.71. The first-order valence-corrected chi connectivity index (χ1v) is 20.9. The van der Waals surface area contributed by atoms with Crippen LogP contribution in [0.2, 0.25) is 0 Å². The maximum Gasteiger partial charge on any atom is 0.187 e. The molecule has 4 saturated carbocycles. The van der Waals surface area contributed by atoms with Gasteiger partial charge < -0.3 is 69.7 Å². The van der Waals surface area contributed by atoms with Gasteiger partial charge in [-0.3, -0.25) is 0 Å². The molecule has 7 aliphatic rings. The lowest BCUT2D eigenvalue weighted by molar-refractivity contribution is -0.388. The summed E-state index contributed by atoms with van der Waals surface area (Å²) in [6, 6.07) is 0. The first-order chi connectivity index (χ1) is 26.0. The van der Waals surface area contributed by atoms with Crippen molar-refractivity contribution in [3.05, 3.63) is 11.6 Å². The van der Waals surface area contributed by atoms with Gasteiger partial charge in [-0.25, -0.2) is 0 Å². The molecule has 2 heterocycles. The summed E-state index contributed by atoms with van der Waals surface area (Å²) >= 11 is 0. The molecule has 0 radical (unpaired) electrons. The number of ether oxygens (including phenoxy) is 4. The standard InChI is InChI=1S/C42H68O14/c1-37(2)16-21-20-8-9-24-39(4)12-11-26(40(5,19-44)23(39)10-13-42(24,7)41(20,6)15-14-38(21,3)25(45)17-37)54-36-33(30(49)29(48)32(55-36)34(51)52)56-35-31(50)28(47)27(46)22(18-43)53-35/h8,21-33,35-36,43-50H,9-19H2,1-7H3,(H,51,52)/p-1/t21-,22+,23+,24+,25+,26-,27-,28-,29-,30-,31+,32-,33+,35-,36+,38+,39-,40+,41+,42?/m0/s1. The number of carboxylic acids is 1. The van der Waals surface area contributed by atoms with Gasteiger partial charge in [-0.15, -0.1) is 0 Å². The van der Waals surface area contributed by atoms with Crippen molar-refractivity contribution < 1.29 is 69.7 Å². The molecule has 20 atom stereocenters. The Morgan fingerprint density at radius 1 is 0.768 bits per heavy atom. The number of allylic oxidation sites excluding steroid dienone is 2. The molecule has 8 N–H and O–H groups in total. The monoisotopic (exact) mass is 795 g/mol. The third kappa shape index (κ3) is 6.21. The molecule has 0 bridgehead atoms. The Hall–Kier alpha value is -1.27. The van der Waals surface area contributed by atoms with Crippen molar-refractivity contribution >= 4 is 5.97 Å². The fraction of sp³-hybridized carbons (Fsp3) is 0.929. The molecule has 1 unspecified atom stereocenters. The number of carbonyl (C=O) groups is 1. The lowest BCUT2D eigenvalue weighted by Crippen LogP contribution is -2.68. The zero-order valence-electron chi connectivity index (χ0n) is 34.0. The Kier molecular flexibility index (Phi) is 11.0. The Morgan fingerprint density at radius 2 is 1.46 bits per heavy atom. The van der Waals surface area contributed by atoms with Crippen LogP contribution in [0.3, 0.4) is 0 Å². The number of fused-ring (bicyclic) bond motifs is 7. The van der Waals surface area contributed by atoms with E-state index < -0.39 is 85.5 Å². The molecule has 56 heavy (non-hydrogen) atoms. The molecule has 6 fully saturated rings. The molecule has 7 rings (SSSR count). The van der Waals surface area contributed by atoms with Gasteiger partial charge in [0, 0.05) is 10.8 Å². The van der Waals surface area contributed by atoms with Crippen molar-refractivity contribution in [1.82, 2.24) is 0 Å². The number of carbonyl (C=O) groups excluding carboxylic acids is 1. The molecule has 0 aromatic rings. The first-order valence-electron chi connectivity index (χ1n) is 20.9. The Balaban J connectivity index is 1.17. The van der Waals surface area contributed by atoms with Crippen LogP contribution in [-0.4, -0.2) is 134 Å². The van der Waals surface area contributed by atoms with E-state index in [4.69, 9.17) is 18.9 Å². The van der Waals surface area contributed by atoms with Crippen LogP contribution in [-0.2, 0) is 23.7 Å². The van der Waals surface area contributed by atoms with Crippen molar-refractivity contribution in [2.75, 3.05) is 13.2 Å². The highest BCUT2D eigenvalue weighted by Gasteiger charge is 2.69. The molecule has 14 heteroatoms. The molecule has 0 aromatic carbocycles.